The van der Waals surface area contributed by atoms with Crippen molar-refractivity contribution in [1.29, 1.82) is 0 Å². The molecule has 2 heterocycles. The van der Waals surface area contributed by atoms with Crippen molar-refractivity contribution in [3.05, 3.63) is 0 Å². The Morgan fingerprint density at radius 3 is 2.39 bits per heavy atom. The van der Waals surface area contributed by atoms with Gasteiger partial charge in [0, 0.05) is 44.8 Å². The van der Waals surface area contributed by atoms with Crippen molar-refractivity contribution in [2.45, 2.75) is 31.8 Å². The van der Waals surface area contributed by atoms with Crippen molar-refractivity contribution < 1.29 is 17.9 Å². The van der Waals surface area contributed by atoms with Crippen molar-refractivity contribution >= 4 is 16.1 Å². The molecule has 2 amide bonds. The van der Waals surface area contributed by atoms with Crippen LogP contribution in [0.3, 0.4) is 0 Å². The molecule has 0 saturated carbocycles. The second-order valence-electron chi connectivity index (χ2n) is 6.29. The summed E-state index contributed by atoms with van der Waals surface area (Å²) >= 11 is 0. The Hall–Kier alpha value is -0.900. The van der Waals surface area contributed by atoms with E-state index in [1.807, 2.05) is 0 Å². The molecule has 2 aliphatic heterocycles. The van der Waals surface area contributed by atoms with Crippen LogP contribution >= 0.6 is 0 Å². The van der Waals surface area contributed by atoms with Crippen LogP contribution in [0.2, 0.25) is 0 Å². The first kappa shape index (κ1) is 18.4. The van der Waals surface area contributed by atoms with Gasteiger partial charge in [-0.3, -0.25) is 4.90 Å². The van der Waals surface area contributed by atoms with Gasteiger partial charge in [-0.05, 0) is 19.8 Å². The third-order valence-electron chi connectivity index (χ3n) is 4.49. The number of urea groups is 1. The zero-order valence-corrected chi connectivity index (χ0v) is 14.8. The predicted molar refractivity (Wildman–Crippen MR) is 87.8 cm³/mol. The van der Waals surface area contributed by atoms with E-state index in [4.69, 9.17) is 4.74 Å². The van der Waals surface area contributed by atoms with E-state index in [-0.39, 0.29) is 18.1 Å². The van der Waals surface area contributed by atoms with Gasteiger partial charge in [0.05, 0.1) is 19.5 Å². The highest BCUT2D eigenvalue weighted by Crippen LogP contribution is 2.13. The molecule has 1 atom stereocenters. The number of carbonyl (C=O) groups is 1. The maximum absolute atomic E-state index is 12.0. The van der Waals surface area contributed by atoms with Gasteiger partial charge in [-0.2, -0.15) is 0 Å². The Morgan fingerprint density at radius 2 is 1.83 bits per heavy atom. The number of hydrogen-bond acceptors (Lipinski definition) is 5. The first-order valence-electron chi connectivity index (χ1n) is 8.17. The minimum atomic E-state index is -3.12. The zero-order valence-electron chi connectivity index (χ0n) is 14.0. The second kappa shape index (κ2) is 8.27. The molecule has 8 nitrogen and oxygen atoms in total. The smallest absolute Gasteiger partial charge is 0.315 e. The Kier molecular flexibility index (Phi) is 6.63. The van der Waals surface area contributed by atoms with E-state index >= 15 is 0 Å². The quantitative estimate of drug-likeness (QED) is 0.694. The summed E-state index contributed by atoms with van der Waals surface area (Å²) in [6.07, 6.45) is 2.53. The summed E-state index contributed by atoms with van der Waals surface area (Å²) < 4.78 is 29.7. The van der Waals surface area contributed by atoms with E-state index in [0.717, 1.165) is 26.3 Å². The number of amides is 2. The van der Waals surface area contributed by atoms with Crippen molar-refractivity contribution in [2.24, 2.45) is 0 Å². The number of nitrogens with one attached hydrogen (secondary N) is 2. The van der Waals surface area contributed by atoms with Crippen LogP contribution in [0.15, 0.2) is 0 Å². The zero-order chi connectivity index (χ0) is 16.9. The van der Waals surface area contributed by atoms with Crippen LogP contribution in [0.4, 0.5) is 4.79 Å². The van der Waals surface area contributed by atoms with E-state index in [2.05, 4.69) is 22.5 Å². The monoisotopic (exact) mass is 348 g/mol. The average Bonchev–Trinajstić information content (AvgIpc) is 2.53. The minimum Gasteiger partial charge on any atom is -0.379 e. The van der Waals surface area contributed by atoms with Crippen molar-refractivity contribution in [3.63, 3.8) is 0 Å². The molecule has 0 spiro atoms. The fourth-order valence-electron chi connectivity index (χ4n) is 2.96. The van der Waals surface area contributed by atoms with Gasteiger partial charge >= 0.3 is 6.03 Å². The Bertz CT molecular complexity index is 485. The lowest BCUT2D eigenvalue weighted by atomic mass is 10.1. The Morgan fingerprint density at radius 1 is 1.22 bits per heavy atom. The molecule has 0 aromatic carbocycles. The van der Waals surface area contributed by atoms with Gasteiger partial charge in [-0.15, -0.1) is 0 Å². The molecule has 2 fully saturated rings. The lowest BCUT2D eigenvalue weighted by Gasteiger charge is -2.33. The summed E-state index contributed by atoms with van der Waals surface area (Å²) in [4.78, 5) is 14.3. The third kappa shape index (κ3) is 5.91. The minimum absolute atomic E-state index is 0.0340. The number of carbonyl (C=O) groups excluding carboxylic acids is 1. The number of piperidine rings is 1. The van der Waals surface area contributed by atoms with Gasteiger partial charge < -0.3 is 15.4 Å². The van der Waals surface area contributed by atoms with E-state index in [1.165, 1.54) is 10.6 Å². The van der Waals surface area contributed by atoms with Crippen LogP contribution in [0.1, 0.15) is 19.8 Å². The highest BCUT2D eigenvalue weighted by molar-refractivity contribution is 7.88. The molecule has 0 unspecified atom stereocenters. The maximum Gasteiger partial charge on any atom is 0.315 e. The Balaban J connectivity index is 1.65. The van der Waals surface area contributed by atoms with Crippen LogP contribution in [-0.2, 0) is 14.8 Å². The van der Waals surface area contributed by atoms with Crippen molar-refractivity contribution in [1.82, 2.24) is 19.8 Å². The molecule has 0 aromatic heterocycles. The number of hydrogen-bond donors (Lipinski definition) is 2. The molecule has 2 N–H and O–H groups in total. The molecule has 0 aliphatic carbocycles. The van der Waals surface area contributed by atoms with Crippen LogP contribution < -0.4 is 10.6 Å². The van der Waals surface area contributed by atoms with Crippen LogP contribution in [0, 0.1) is 0 Å². The number of sulfonamides is 1. The number of nitrogens with zero attached hydrogens (tertiary/aromatic N) is 2. The number of morpholine rings is 1. The van der Waals surface area contributed by atoms with Crippen molar-refractivity contribution in [2.75, 3.05) is 52.2 Å². The third-order valence-corrected chi connectivity index (χ3v) is 5.79. The average molecular weight is 348 g/mol. The van der Waals surface area contributed by atoms with E-state index in [0.29, 0.717) is 32.5 Å². The number of ether oxygens (including phenoxy) is 1. The molecule has 2 saturated heterocycles. The summed E-state index contributed by atoms with van der Waals surface area (Å²) in [7, 11) is -3.12. The maximum atomic E-state index is 12.0. The van der Waals surface area contributed by atoms with Gasteiger partial charge in [-0.25, -0.2) is 17.5 Å². The SMILES string of the molecule is C[C@H](CNC(=O)NC1CCN(S(C)(=O)=O)CC1)N1CCOCC1. The summed E-state index contributed by atoms with van der Waals surface area (Å²) in [6.45, 7) is 6.90. The fraction of sp³-hybridized carbons (Fsp3) is 0.929. The normalized spacial score (nSPS) is 23.4. The summed E-state index contributed by atoms with van der Waals surface area (Å²) in [6, 6.07) is 0.131. The lowest BCUT2D eigenvalue weighted by molar-refractivity contribution is 0.0209. The van der Waals surface area contributed by atoms with Gasteiger partial charge in [0.25, 0.3) is 0 Å². The van der Waals surface area contributed by atoms with Crippen molar-refractivity contribution in [3.8, 4) is 0 Å². The van der Waals surface area contributed by atoms with E-state index in [1.54, 1.807) is 0 Å². The lowest BCUT2D eigenvalue weighted by Crippen LogP contribution is -2.52. The van der Waals surface area contributed by atoms with E-state index in [9.17, 15) is 13.2 Å². The molecule has 0 radical (unpaired) electrons. The summed E-state index contributed by atoms with van der Waals surface area (Å²) in [5, 5.41) is 5.84. The molecule has 2 rings (SSSR count). The number of rotatable bonds is 5. The highest BCUT2D eigenvalue weighted by atomic mass is 32.2. The molecule has 0 aromatic rings. The topological polar surface area (TPSA) is 91.0 Å². The molecular weight excluding hydrogens is 320 g/mol. The van der Waals surface area contributed by atoms with Crippen LogP contribution in [0.25, 0.3) is 0 Å². The fourth-order valence-corrected chi connectivity index (χ4v) is 3.83. The van der Waals surface area contributed by atoms with Crippen LogP contribution in [0.5, 0.6) is 0 Å². The largest absolute Gasteiger partial charge is 0.379 e. The van der Waals surface area contributed by atoms with Gasteiger partial charge in [0.2, 0.25) is 10.0 Å². The Labute approximate surface area is 138 Å². The first-order chi connectivity index (χ1) is 10.9. The molecular formula is C14H28N4O4S. The van der Waals surface area contributed by atoms with Gasteiger partial charge in [0.15, 0.2) is 0 Å². The molecule has 0 bridgehead atoms. The highest BCUT2D eigenvalue weighted by Gasteiger charge is 2.26. The molecule has 134 valence electrons. The van der Waals surface area contributed by atoms with E-state index < -0.39 is 10.0 Å². The second-order valence-corrected chi connectivity index (χ2v) is 8.27. The summed E-state index contributed by atoms with van der Waals surface area (Å²) in [5.41, 5.74) is 0. The molecule has 9 heteroatoms. The van der Waals surface area contributed by atoms with Crippen LogP contribution in [-0.4, -0.2) is 87.9 Å². The van der Waals surface area contributed by atoms with Gasteiger partial charge in [0.1, 0.15) is 0 Å². The molecule has 2 aliphatic rings. The van der Waals surface area contributed by atoms with Gasteiger partial charge in [-0.1, -0.05) is 0 Å². The predicted octanol–water partition coefficient (Wildman–Crippen LogP) is -0.570. The first-order valence-corrected chi connectivity index (χ1v) is 10.0. The standard InChI is InChI=1S/C14H28N4O4S/c1-12(17-7-9-22-10-8-17)11-15-14(19)16-13-3-5-18(6-4-13)23(2,20)21/h12-13H,3-11H2,1-2H3,(H2,15,16,19)/t12-/m1/s1. The molecule has 23 heavy (non-hydrogen) atoms. The summed E-state index contributed by atoms with van der Waals surface area (Å²) in [5.74, 6) is 0.